The molecule has 1 aromatic rings. The quantitative estimate of drug-likeness (QED) is 0.750. The van der Waals surface area contributed by atoms with Crippen LogP contribution in [0, 0.1) is 12.3 Å². The van der Waals surface area contributed by atoms with E-state index in [9.17, 15) is 0 Å². The third-order valence-corrected chi connectivity index (χ3v) is 3.90. The van der Waals surface area contributed by atoms with Gasteiger partial charge < -0.3 is 10.6 Å². The van der Waals surface area contributed by atoms with Crippen molar-refractivity contribution in [1.29, 1.82) is 0 Å². The van der Waals surface area contributed by atoms with E-state index in [0.29, 0.717) is 5.41 Å². The largest absolute Gasteiger partial charge is 0.399 e. The number of hydrogen-bond acceptors (Lipinski definition) is 2. The molecule has 0 amide bonds. The van der Waals surface area contributed by atoms with Crippen molar-refractivity contribution in [1.82, 2.24) is 0 Å². The lowest BCUT2D eigenvalue weighted by Gasteiger charge is -2.26. The summed E-state index contributed by atoms with van der Waals surface area (Å²) in [6, 6.07) is 6.26. The van der Waals surface area contributed by atoms with Crippen LogP contribution in [0.4, 0.5) is 11.4 Å². The molecule has 1 aliphatic rings. The lowest BCUT2D eigenvalue weighted by molar-refractivity contribution is 0.325. The van der Waals surface area contributed by atoms with Crippen molar-refractivity contribution in [3.8, 4) is 0 Å². The first-order valence-electron chi connectivity index (χ1n) is 6.59. The Bertz CT molecular complexity index is 396. The van der Waals surface area contributed by atoms with Crippen LogP contribution in [-0.4, -0.2) is 13.1 Å². The van der Waals surface area contributed by atoms with Crippen LogP contribution in [0.1, 0.15) is 38.7 Å². The van der Waals surface area contributed by atoms with E-state index in [1.807, 2.05) is 6.07 Å². The van der Waals surface area contributed by atoms with Gasteiger partial charge in [-0.1, -0.05) is 13.8 Å². The Morgan fingerprint density at radius 1 is 1.18 bits per heavy atom. The molecular formula is C15H24N2. The molecule has 0 saturated carbocycles. The van der Waals surface area contributed by atoms with Crippen molar-refractivity contribution >= 4 is 11.4 Å². The van der Waals surface area contributed by atoms with Gasteiger partial charge in [0.1, 0.15) is 0 Å². The molecule has 0 unspecified atom stereocenters. The highest BCUT2D eigenvalue weighted by Gasteiger charge is 2.23. The minimum atomic E-state index is 0.496. The third-order valence-electron chi connectivity index (χ3n) is 3.90. The van der Waals surface area contributed by atoms with E-state index in [0.717, 1.165) is 12.2 Å². The standard InChI is InChI=1S/C15H24N2/c1-12-11-13(16)5-6-14(12)17-9-4-7-15(2,3)8-10-17/h5-6,11H,4,7-10,16H2,1-3H3. The topological polar surface area (TPSA) is 29.3 Å². The van der Waals surface area contributed by atoms with Crippen LogP contribution < -0.4 is 10.6 Å². The molecule has 2 nitrogen and oxygen atoms in total. The summed E-state index contributed by atoms with van der Waals surface area (Å²) < 4.78 is 0. The van der Waals surface area contributed by atoms with E-state index >= 15 is 0 Å². The molecule has 0 atom stereocenters. The zero-order valence-electron chi connectivity index (χ0n) is 11.3. The van der Waals surface area contributed by atoms with Gasteiger partial charge in [0, 0.05) is 24.5 Å². The number of aryl methyl sites for hydroxylation is 1. The van der Waals surface area contributed by atoms with Crippen molar-refractivity contribution in [3.05, 3.63) is 23.8 Å². The zero-order valence-corrected chi connectivity index (χ0v) is 11.3. The Morgan fingerprint density at radius 2 is 1.94 bits per heavy atom. The number of nitrogens with two attached hydrogens (primary N) is 1. The summed E-state index contributed by atoms with van der Waals surface area (Å²) in [4.78, 5) is 2.52. The molecule has 17 heavy (non-hydrogen) atoms. The summed E-state index contributed by atoms with van der Waals surface area (Å²) >= 11 is 0. The lowest BCUT2D eigenvalue weighted by atomic mass is 9.85. The number of rotatable bonds is 1. The van der Waals surface area contributed by atoms with Crippen LogP contribution in [0.25, 0.3) is 0 Å². The molecular weight excluding hydrogens is 208 g/mol. The fourth-order valence-corrected chi connectivity index (χ4v) is 2.70. The zero-order chi connectivity index (χ0) is 12.5. The van der Waals surface area contributed by atoms with Crippen molar-refractivity contribution in [2.45, 2.75) is 40.0 Å². The molecule has 2 rings (SSSR count). The summed E-state index contributed by atoms with van der Waals surface area (Å²) in [6.07, 6.45) is 3.89. The van der Waals surface area contributed by atoms with Gasteiger partial charge in [0.25, 0.3) is 0 Å². The average Bonchev–Trinajstić information content (AvgIpc) is 2.40. The SMILES string of the molecule is Cc1cc(N)ccc1N1CCCC(C)(C)CC1. The molecule has 94 valence electrons. The first kappa shape index (κ1) is 12.3. The average molecular weight is 232 g/mol. The molecule has 0 aromatic heterocycles. The van der Waals surface area contributed by atoms with Crippen LogP contribution in [-0.2, 0) is 0 Å². The summed E-state index contributed by atoms with van der Waals surface area (Å²) in [5.74, 6) is 0. The highest BCUT2D eigenvalue weighted by molar-refractivity contribution is 5.59. The second-order valence-electron chi connectivity index (χ2n) is 6.05. The smallest absolute Gasteiger partial charge is 0.0397 e. The number of benzene rings is 1. The van der Waals surface area contributed by atoms with Crippen LogP contribution in [0.2, 0.25) is 0 Å². The molecule has 1 fully saturated rings. The van der Waals surface area contributed by atoms with Gasteiger partial charge >= 0.3 is 0 Å². The Balaban J connectivity index is 2.17. The minimum Gasteiger partial charge on any atom is -0.399 e. The summed E-state index contributed by atoms with van der Waals surface area (Å²) in [7, 11) is 0. The molecule has 1 aromatic carbocycles. The fourth-order valence-electron chi connectivity index (χ4n) is 2.70. The van der Waals surface area contributed by atoms with Gasteiger partial charge in [-0.2, -0.15) is 0 Å². The third kappa shape index (κ3) is 2.93. The van der Waals surface area contributed by atoms with E-state index in [2.05, 4.69) is 37.8 Å². The number of nitrogen functional groups attached to an aromatic ring is 1. The first-order valence-corrected chi connectivity index (χ1v) is 6.59. The van der Waals surface area contributed by atoms with Crippen molar-refractivity contribution in [3.63, 3.8) is 0 Å². The lowest BCUT2D eigenvalue weighted by Crippen LogP contribution is -2.25. The highest BCUT2D eigenvalue weighted by atomic mass is 15.1. The Labute approximate surface area is 105 Å². The highest BCUT2D eigenvalue weighted by Crippen LogP contribution is 2.32. The second kappa shape index (κ2) is 4.59. The minimum absolute atomic E-state index is 0.496. The van der Waals surface area contributed by atoms with Crippen LogP contribution in [0.15, 0.2) is 18.2 Å². The monoisotopic (exact) mass is 232 g/mol. The Hall–Kier alpha value is -1.18. The number of anilines is 2. The molecule has 0 aliphatic carbocycles. The molecule has 1 heterocycles. The van der Waals surface area contributed by atoms with E-state index in [1.54, 1.807) is 0 Å². The maximum Gasteiger partial charge on any atom is 0.0397 e. The van der Waals surface area contributed by atoms with Crippen molar-refractivity contribution < 1.29 is 0 Å². The molecule has 0 spiro atoms. The molecule has 1 aliphatic heterocycles. The fraction of sp³-hybridized carbons (Fsp3) is 0.600. The predicted molar refractivity (Wildman–Crippen MR) is 75.4 cm³/mol. The Kier molecular flexibility index (Phi) is 3.32. The molecule has 0 radical (unpaired) electrons. The van der Waals surface area contributed by atoms with E-state index in [-0.39, 0.29) is 0 Å². The van der Waals surface area contributed by atoms with E-state index in [4.69, 9.17) is 5.73 Å². The van der Waals surface area contributed by atoms with Gasteiger partial charge in [-0.3, -0.25) is 0 Å². The van der Waals surface area contributed by atoms with Gasteiger partial charge in [-0.15, -0.1) is 0 Å². The summed E-state index contributed by atoms with van der Waals surface area (Å²) in [5, 5.41) is 0. The van der Waals surface area contributed by atoms with Gasteiger partial charge in [0.15, 0.2) is 0 Å². The maximum atomic E-state index is 5.81. The van der Waals surface area contributed by atoms with Crippen molar-refractivity contribution in [2.75, 3.05) is 23.7 Å². The van der Waals surface area contributed by atoms with Crippen LogP contribution in [0.5, 0.6) is 0 Å². The van der Waals surface area contributed by atoms with Gasteiger partial charge in [0.2, 0.25) is 0 Å². The summed E-state index contributed by atoms with van der Waals surface area (Å²) in [6.45, 7) is 9.26. The first-order chi connectivity index (χ1) is 7.98. The summed E-state index contributed by atoms with van der Waals surface area (Å²) in [5.41, 5.74) is 9.83. The van der Waals surface area contributed by atoms with Gasteiger partial charge in [-0.25, -0.2) is 0 Å². The number of nitrogens with zero attached hydrogens (tertiary/aromatic N) is 1. The molecule has 1 saturated heterocycles. The Morgan fingerprint density at radius 3 is 2.65 bits per heavy atom. The van der Waals surface area contributed by atoms with Crippen LogP contribution >= 0.6 is 0 Å². The number of hydrogen-bond donors (Lipinski definition) is 1. The normalized spacial score (nSPS) is 20.1. The van der Waals surface area contributed by atoms with Gasteiger partial charge in [0.05, 0.1) is 0 Å². The van der Waals surface area contributed by atoms with Gasteiger partial charge in [-0.05, 0) is 55.4 Å². The maximum absolute atomic E-state index is 5.81. The van der Waals surface area contributed by atoms with E-state index < -0.39 is 0 Å². The molecule has 2 heteroatoms. The van der Waals surface area contributed by atoms with E-state index in [1.165, 1.54) is 37.1 Å². The predicted octanol–water partition coefficient (Wildman–Crippen LogP) is 3.59. The molecule has 0 bridgehead atoms. The molecule has 2 N–H and O–H groups in total. The second-order valence-corrected chi connectivity index (χ2v) is 6.05. The van der Waals surface area contributed by atoms with Crippen molar-refractivity contribution in [2.24, 2.45) is 5.41 Å². The van der Waals surface area contributed by atoms with Crippen LogP contribution in [0.3, 0.4) is 0 Å².